The summed E-state index contributed by atoms with van der Waals surface area (Å²) in [7, 11) is 0. The maximum absolute atomic E-state index is 13.8. The lowest BCUT2D eigenvalue weighted by Gasteiger charge is -2.33. The number of carbonyl (C=O) groups excluding carboxylic acids is 3. The van der Waals surface area contributed by atoms with Gasteiger partial charge in [0, 0.05) is 32.1 Å². The molecule has 292 valence electrons. The quantitative estimate of drug-likeness (QED) is 0.106. The number of urea groups is 1. The molecule has 0 bridgehead atoms. The summed E-state index contributed by atoms with van der Waals surface area (Å²) in [5, 5.41) is 24.6. The number of nitrogens with one attached hydrogen (secondary N) is 3. The third kappa shape index (κ3) is 8.79. The van der Waals surface area contributed by atoms with Crippen LogP contribution < -0.4 is 20.4 Å². The number of fused-ring (bicyclic) bond motifs is 3. The number of carbonyl (C=O) groups is 4. The van der Waals surface area contributed by atoms with E-state index in [1.807, 2.05) is 84.9 Å². The van der Waals surface area contributed by atoms with E-state index in [9.17, 15) is 29.5 Å². The van der Waals surface area contributed by atoms with Crippen LogP contribution in [0.5, 0.6) is 0 Å². The van der Waals surface area contributed by atoms with Crippen LogP contribution in [0.2, 0.25) is 0 Å². The van der Waals surface area contributed by atoms with E-state index in [0.717, 1.165) is 37.5 Å². The minimum absolute atomic E-state index is 0.0991. The number of nitriles is 1. The molecular weight excluding hydrogens is 783 g/mol. The number of amides is 4. The average Bonchev–Trinajstić information content (AvgIpc) is 3.65. The van der Waals surface area contributed by atoms with Crippen molar-refractivity contribution >= 4 is 81.0 Å². The summed E-state index contributed by atoms with van der Waals surface area (Å²) in [4.78, 5) is 65.0. The van der Waals surface area contributed by atoms with Gasteiger partial charge in [-0.05, 0) is 65.7 Å². The van der Waals surface area contributed by atoms with Gasteiger partial charge in [-0.1, -0.05) is 71.6 Å². The predicted octanol–water partition coefficient (Wildman–Crippen LogP) is 9.36. The largest absolute Gasteiger partial charge is 0.478 e. The first-order chi connectivity index (χ1) is 28.7. The molecule has 0 spiro atoms. The van der Waals surface area contributed by atoms with Crippen molar-refractivity contribution in [1.29, 1.82) is 5.26 Å². The summed E-state index contributed by atoms with van der Waals surface area (Å²) in [5.74, 6) is -1.34. The smallest absolute Gasteiger partial charge is 0.335 e. The van der Waals surface area contributed by atoms with Crippen LogP contribution in [0.1, 0.15) is 40.0 Å². The van der Waals surface area contributed by atoms with Gasteiger partial charge in [0.25, 0.3) is 6.07 Å². The normalized spacial score (nSPS) is 15.7. The van der Waals surface area contributed by atoms with Gasteiger partial charge in [0.1, 0.15) is 22.6 Å². The van der Waals surface area contributed by atoms with Crippen LogP contribution in [0.3, 0.4) is 0 Å². The van der Waals surface area contributed by atoms with Gasteiger partial charge in [-0.2, -0.15) is 5.26 Å². The second-order valence-electron chi connectivity index (χ2n) is 13.9. The number of H-pyrrole nitrogens is 1. The predicted molar refractivity (Wildman–Crippen MR) is 231 cm³/mol. The molecule has 0 radical (unpaired) electrons. The number of carboxylic acids is 1. The van der Waals surface area contributed by atoms with Gasteiger partial charge in [-0.3, -0.25) is 9.59 Å². The molecule has 1 aromatic heterocycles. The van der Waals surface area contributed by atoms with Crippen molar-refractivity contribution in [3.63, 3.8) is 0 Å². The highest BCUT2D eigenvalue weighted by Gasteiger charge is 2.36. The maximum atomic E-state index is 13.8. The molecule has 6 aromatic rings. The van der Waals surface area contributed by atoms with E-state index in [1.165, 1.54) is 23.5 Å². The first-order valence-corrected chi connectivity index (χ1v) is 20.5. The molecule has 2 unspecified atom stereocenters. The lowest BCUT2D eigenvalue weighted by Crippen LogP contribution is -2.40. The zero-order chi connectivity index (χ0) is 40.9. The van der Waals surface area contributed by atoms with Crippen LogP contribution in [0.25, 0.3) is 15.7 Å². The van der Waals surface area contributed by atoms with E-state index >= 15 is 0 Å². The SMILES string of the molecule is N#CCC1Sc2ccc(NC(=O)Nc3ccc4cc(C[N+]#CCC5Sc6ccc(C(=O)O)cc6N(Cc6ccccc6)C5=O)[nH]c4c3)cc2N(Cc2ccccc2)C1=O. The summed E-state index contributed by atoms with van der Waals surface area (Å²) in [6, 6.07) is 41.7. The fraction of sp³-hybridized carbons (Fsp3) is 0.156. The third-order valence-corrected chi connectivity index (χ3v) is 12.3. The molecule has 2 aliphatic heterocycles. The van der Waals surface area contributed by atoms with Gasteiger partial charge >= 0.3 is 18.5 Å². The highest BCUT2D eigenvalue weighted by molar-refractivity contribution is 8.01. The number of nitrogens with zero attached hydrogens (tertiary/aromatic N) is 4. The van der Waals surface area contributed by atoms with Crippen LogP contribution in [0, 0.1) is 17.4 Å². The fourth-order valence-corrected chi connectivity index (χ4v) is 9.25. The lowest BCUT2D eigenvalue weighted by molar-refractivity contribution is -0.119. The summed E-state index contributed by atoms with van der Waals surface area (Å²) >= 11 is 2.75. The average molecular weight is 819 g/mol. The molecule has 8 rings (SSSR count). The minimum atomic E-state index is -1.05. The van der Waals surface area contributed by atoms with E-state index in [1.54, 1.807) is 46.2 Å². The van der Waals surface area contributed by atoms with Gasteiger partial charge < -0.3 is 30.5 Å². The van der Waals surface area contributed by atoms with Crippen molar-refractivity contribution in [3.05, 3.63) is 149 Å². The lowest BCUT2D eigenvalue weighted by atomic mass is 10.1. The van der Waals surface area contributed by atoms with Crippen molar-refractivity contribution in [2.24, 2.45) is 0 Å². The van der Waals surface area contributed by atoms with E-state index < -0.39 is 22.5 Å². The Morgan fingerprint density at radius 2 is 1.31 bits per heavy atom. The number of anilines is 4. The fourth-order valence-electron chi connectivity index (χ4n) is 6.99. The van der Waals surface area contributed by atoms with Crippen LogP contribution in [-0.4, -0.2) is 44.4 Å². The number of benzene rings is 5. The number of carboxylic acid groups (broad SMARTS) is 1. The molecule has 0 saturated heterocycles. The van der Waals surface area contributed by atoms with E-state index in [2.05, 4.69) is 32.6 Å². The van der Waals surface area contributed by atoms with Crippen LogP contribution >= 0.6 is 23.5 Å². The standard InChI is InChI=1S/C45H35N7O5S2/c46-19-17-40-42(53)52(27-29-9-5-2-6-10-29)37-24-33(14-16-39(37)58-40)50-45(57)49-32-13-11-30-21-34(48-35(30)23-32)25-47-20-18-41-43(54)51(26-28-7-3-1-4-8-28)36-22-31(44(55)56)12-15-38(36)59-41/h1-16,21-24,40-41,48H,17-18,25-27H2,(H2-,49,50,55,56,57)/p+1. The van der Waals surface area contributed by atoms with Crippen molar-refractivity contribution in [3.8, 4) is 12.1 Å². The third-order valence-electron chi connectivity index (χ3n) is 9.84. The molecule has 0 fully saturated rings. The molecular formula is C45H36N7O5S2+. The molecule has 59 heavy (non-hydrogen) atoms. The number of thioether (sulfide) groups is 2. The Hall–Kier alpha value is -7.00. The van der Waals surface area contributed by atoms with Crippen molar-refractivity contribution in [2.75, 3.05) is 20.4 Å². The summed E-state index contributed by atoms with van der Waals surface area (Å²) < 4.78 is 0. The molecule has 5 aromatic carbocycles. The highest BCUT2D eigenvalue weighted by Crippen LogP contribution is 2.43. The first-order valence-electron chi connectivity index (χ1n) is 18.7. The summed E-state index contributed by atoms with van der Waals surface area (Å²) in [6.45, 7) is 0.951. The number of hydrogen-bond donors (Lipinski definition) is 4. The van der Waals surface area contributed by atoms with Gasteiger partial charge in [0.2, 0.25) is 11.8 Å². The Labute approximate surface area is 348 Å². The van der Waals surface area contributed by atoms with Crippen molar-refractivity contribution in [2.45, 2.75) is 52.8 Å². The van der Waals surface area contributed by atoms with Crippen molar-refractivity contribution in [1.82, 2.24) is 4.98 Å². The number of rotatable bonds is 10. The Morgan fingerprint density at radius 3 is 1.93 bits per heavy atom. The molecule has 3 heterocycles. The Balaban J connectivity index is 0.910. The molecule has 4 amide bonds. The molecule has 0 saturated carbocycles. The van der Waals surface area contributed by atoms with Gasteiger partial charge in [-0.25, -0.2) is 9.59 Å². The van der Waals surface area contributed by atoms with E-state index in [4.69, 9.17) is 0 Å². The minimum Gasteiger partial charge on any atom is -0.478 e. The number of aromatic amines is 1. The molecule has 14 heteroatoms. The van der Waals surface area contributed by atoms with Crippen LogP contribution in [0.15, 0.2) is 131 Å². The highest BCUT2D eigenvalue weighted by atomic mass is 32.2. The van der Waals surface area contributed by atoms with Gasteiger partial charge in [0.05, 0.1) is 42.5 Å². The number of aromatic carboxylic acids is 1. The summed E-state index contributed by atoms with van der Waals surface area (Å²) in [6.07, 6.45) is 0.367. The summed E-state index contributed by atoms with van der Waals surface area (Å²) in [5.41, 5.74) is 5.95. The Morgan fingerprint density at radius 1 is 0.729 bits per heavy atom. The van der Waals surface area contributed by atoms with E-state index in [-0.39, 0.29) is 30.2 Å². The van der Waals surface area contributed by atoms with Gasteiger partial charge in [-0.15, -0.1) is 23.5 Å². The van der Waals surface area contributed by atoms with Crippen LogP contribution in [0.4, 0.5) is 27.5 Å². The molecule has 12 nitrogen and oxygen atoms in total. The van der Waals surface area contributed by atoms with E-state index in [0.29, 0.717) is 42.4 Å². The zero-order valence-electron chi connectivity index (χ0n) is 31.4. The topological polar surface area (TPSA) is 163 Å². The van der Waals surface area contributed by atoms with Crippen molar-refractivity contribution < 1.29 is 24.3 Å². The maximum Gasteiger partial charge on any atom is 0.335 e. The van der Waals surface area contributed by atoms with Gasteiger partial charge in [0.15, 0.2) is 0 Å². The molecule has 2 atom stereocenters. The number of aromatic nitrogens is 1. The first kappa shape index (κ1) is 38.9. The Kier molecular flexibility index (Phi) is 11.4. The molecule has 2 aliphatic rings. The second kappa shape index (κ2) is 17.2. The molecule has 0 aliphatic carbocycles. The Bertz CT molecular complexity index is 2710. The molecule has 4 N–H and O–H groups in total. The zero-order valence-corrected chi connectivity index (χ0v) is 33.1. The number of hydrogen-bond acceptors (Lipinski definition) is 7. The van der Waals surface area contributed by atoms with Crippen LogP contribution in [-0.2, 0) is 29.2 Å². The monoisotopic (exact) mass is 818 g/mol. The second-order valence-corrected chi connectivity index (χ2v) is 16.4.